The van der Waals surface area contributed by atoms with Gasteiger partial charge in [-0.05, 0) is 47.5 Å². The fourth-order valence-electron chi connectivity index (χ4n) is 1.96. The molecule has 1 aliphatic heterocycles. The maximum atomic E-state index is 12.1. The van der Waals surface area contributed by atoms with Crippen LogP contribution in [-0.4, -0.2) is 41.4 Å². The van der Waals surface area contributed by atoms with Crippen LogP contribution in [-0.2, 0) is 9.53 Å². The van der Waals surface area contributed by atoms with Gasteiger partial charge in [-0.3, -0.25) is 4.79 Å². The van der Waals surface area contributed by atoms with Gasteiger partial charge in [-0.1, -0.05) is 0 Å². The maximum Gasteiger partial charge on any atom is 0.315 e. The van der Waals surface area contributed by atoms with Gasteiger partial charge in [0.1, 0.15) is 0 Å². The Kier molecular flexibility index (Phi) is 4.69. The van der Waals surface area contributed by atoms with E-state index in [0.717, 1.165) is 12.8 Å². The van der Waals surface area contributed by atoms with E-state index in [1.165, 1.54) is 0 Å². The molecule has 0 aliphatic carbocycles. The number of carboxylic acids is 1. The Hall–Kier alpha value is -1.30. The molecule has 0 bridgehead atoms. The second-order valence-corrected chi connectivity index (χ2v) is 6.81. The zero-order valence-corrected chi connectivity index (χ0v) is 13.0. The van der Waals surface area contributed by atoms with Crippen LogP contribution in [0, 0.1) is 5.41 Å². The Labute approximate surface area is 120 Å². The number of nitrogens with one attached hydrogen (secondary N) is 2. The third kappa shape index (κ3) is 3.62. The summed E-state index contributed by atoms with van der Waals surface area (Å²) in [5, 5.41) is 15.0. The van der Waals surface area contributed by atoms with Crippen LogP contribution in [0.2, 0.25) is 0 Å². The van der Waals surface area contributed by atoms with Crippen molar-refractivity contribution in [2.45, 2.75) is 58.5 Å². The summed E-state index contributed by atoms with van der Waals surface area (Å²) in [5.41, 5.74) is -2.24. The number of urea groups is 1. The first-order valence-corrected chi connectivity index (χ1v) is 6.92. The minimum absolute atomic E-state index is 0.300. The minimum Gasteiger partial charge on any atom is -0.481 e. The van der Waals surface area contributed by atoms with E-state index in [9.17, 15) is 14.7 Å². The Morgan fingerprint density at radius 3 is 2.10 bits per heavy atom. The molecule has 0 aromatic rings. The van der Waals surface area contributed by atoms with Crippen LogP contribution in [0.25, 0.3) is 0 Å². The highest BCUT2D eigenvalue weighted by molar-refractivity contribution is 5.80. The molecule has 20 heavy (non-hydrogen) atoms. The fourth-order valence-corrected chi connectivity index (χ4v) is 1.96. The predicted molar refractivity (Wildman–Crippen MR) is 75.6 cm³/mol. The molecule has 1 aliphatic rings. The number of amides is 2. The molecule has 2 amide bonds. The summed E-state index contributed by atoms with van der Waals surface area (Å²) in [7, 11) is 0. The first-order valence-electron chi connectivity index (χ1n) is 6.92. The Morgan fingerprint density at radius 2 is 1.65 bits per heavy atom. The van der Waals surface area contributed by atoms with Gasteiger partial charge in [-0.25, -0.2) is 4.79 Å². The zero-order chi connectivity index (χ0) is 15.6. The zero-order valence-electron chi connectivity index (χ0n) is 13.0. The van der Waals surface area contributed by atoms with Gasteiger partial charge in [0.2, 0.25) is 0 Å². The molecule has 1 saturated heterocycles. The number of carbonyl (C=O) groups excluding carboxylic acids is 1. The summed E-state index contributed by atoms with van der Waals surface area (Å²) in [5.74, 6) is -0.944. The number of hydrogen-bond donors (Lipinski definition) is 3. The molecule has 1 heterocycles. The van der Waals surface area contributed by atoms with E-state index < -0.39 is 16.9 Å². The Morgan fingerprint density at radius 1 is 1.15 bits per heavy atom. The van der Waals surface area contributed by atoms with Crippen molar-refractivity contribution >= 4 is 12.0 Å². The highest BCUT2D eigenvalue weighted by Gasteiger charge is 2.45. The van der Waals surface area contributed by atoms with Gasteiger partial charge in [0.05, 0.1) is 11.0 Å². The lowest BCUT2D eigenvalue weighted by atomic mass is 9.74. The quantitative estimate of drug-likeness (QED) is 0.734. The lowest BCUT2D eigenvalue weighted by Crippen LogP contribution is -2.62. The number of carbonyl (C=O) groups is 2. The minimum atomic E-state index is -1.07. The van der Waals surface area contributed by atoms with Crippen molar-refractivity contribution in [1.29, 1.82) is 0 Å². The van der Waals surface area contributed by atoms with Crippen LogP contribution in [0.1, 0.15) is 47.5 Å². The van der Waals surface area contributed by atoms with Gasteiger partial charge in [-0.15, -0.1) is 0 Å². The molecule has 0 radical (unpaired) electrons. The van der Waals surface area contributed by atoms with E-state index in [4.69, 9.17) is 4.74 Å². The lowest BCUT2D eigenvalue weighted by molar-refractivity contribution is -0.150. The summed E-state index contributed by atoms with van der Waals surface area (Å²) in [6.07, 6.45) is 1.51. The summed E-state index contributed by atoms with van der Waals surface area (Å²) in [6.45, 7) is 9.86. The van der Waals surface area contributed by atoms with Crippen molar-refractivity contribution in [2.24, 2.45) is 5.41 Å². The third-order valence-electron chi connectivity index (χ3n) is 4.53. The van der Waals surface area contributed by atoms with Crippen molar-refractivity contribution in [3.05, 3.63) is 0 Å². The van der Waals surface area contributed by atoms with Crippen molar-refractivity contribution < 1.29 is 19.4 Å². The first kappa shape index (κ1) is 16.8. The van der Waals surface area contributed by atoms with E-state index in [0.29, 0.717) is 13.2 Å². The molecule has 0 saturated carbocycles. The standard InChI is InChI=1S/C14H26N2O4/c1-12(2,10(17)18)13(3,4)15-11(19)16-14(5)6-8-20-9-7-14/h6-9H2,1-5H3,(H,17,18)(H2,15,16,19). The smallest absolute Gasteiger partial charge is 0.315 e. The van der Waals surface area contributed by atoms with Gasteiger partial charge in [0.25, 0.3) is 0 Å². The van der Waals surface area contributed by atoms with Crippen molar-refractivity contribution in [2.75, 3.05) is 13.2 Å². The van der Waals surface area contributed by atoms with Gasteiger partial charge in [-0.2, -0.15) is 0 Å². The number of carboxylic acid groups (broad SMARTS) is 1. The van der Waals surface area contributed by atoms with Crippen LogP contribution >= 0.6 is 0 Å². The van der Waals surface area contributed by atoms with Crippen LogP contribution in [0.5, 0.6) is 0 Å². The maximum absolute atomic E-state index is 12.1. The van der Waals surface area contributed by atoms with Crippen molar-refractivity contribution in [3.63, 3.8) is 0 Å². The van der Waals surface area contributed by atoms with Crippen LogP contribution in [0.15, 0.2) is 0 Å². The van der Waals surface area contributed by atoms with Gasteiger partial charge in [0.15, 0.2) is 0 Å². The van der Waals surface area contributed by atoms with E-state index in [1.807, 2.05) is 6.92 Å². The van der Waals surface area contributed by atoms with Gasteiger partial charge < -0.3 is 20.5 Å². The molecule has 1 fully saturated rings. The predicted octanol–water partition coefficient (Wildman–Crippen LogP) is 1.74. The summed E-state index contributed by atoms with van der Waals surface area (Å²) >= 11 is 0. The topological polar surface area (TPSA) is 87.7 Å². The average Bonchev–Trinajstić information content (AvgIpc) is 2.27. The molecular weight excluding hydrogens is 260 g/mol. The normalized spacial score (nSPS) is 19.2. The van der Waals surface area contributed by atoms with E-state index in [1.54, 1.807) is 27.7 Å². The largest absolute Gasteiger partial charge is 0.481 e. The van der Waals surface area contributed by atoms with E-state index in [-0.39, 0.29) is 11.6 Å². The molecule has 116 valence electrons. The van der Waals surface area contributed by atoms with Gasteiger partial charge in [0, 0.05) is 18.8 Å². The van der Waals surface area contributed by atoms with Crippen LogP contribution in [0.3, 0.4) is 0 Å². The fraction of sp³-hybridized carbons (Fsp3) is 0.857. The SMILES string of the molecule is CC1(NC(=O)NC(C)(C)C(C)(C)C(=O)O)CCOCC1. The van der Waals surface area contributed by atoms with Gasteiger partial charge >= 0.3 is 12.0 Å². The molecular formula is C14H26N2O4. The Bertz CT molecular complexity index is 385. The number of ether oxygens (including phenoxy) is 1. The highest BCUT2D eigenvalue weighted by Crippen LogP contribution is 2.30. The Balaban J connectivity index is 2.67. The summed E-state index contributed by atoms with van der Waals surface area (Å²) < 4.78 is 5.28. The summed E-state index contributed by atoms with van der Waals surface area (Å²) in [4.78, 5) is 23.5. The van der Waals surface area contributed by atoms with Crippen LogP contribution in [0.4, 0.5) is 4.79 Å². The number of rotatable bonds is 4. The molecule has 1 rings (SSSR count). The molecule has 6 heteroatoms. The molecule has 0 atom stereocenters. The van der Waals surface area contributed by atoms with Crippen molar-refractivity contribution in [1.82, 2.24) is 10.6 Å². The number of aliphatic carboxylic acids is 1. The lowest BCUT2D eigenvalue weighted by Gasteiger charge is -2.41. The monoisotopic (exact) mass is 286 g/mol. The molecule has 0 unspecified atom stereocenters. The third-order valence-corrected chi connectivity index (χ3v) is 4.53. The number of hydrogen-bond acceptors (Lipinski definition) is 3. The van der Waals surface area contributed by atoms with Crippen molar-refractivity contribution in [3.8, 4) is 0 Å². The second kappa shape index (κ2) is 5.60. The molecule has 0 spiro atoms. The summed E-state index contributed by atoms with van der Waals surface area (Å²) in [6, 6.07) is -0.339. The van der Waals surface area contributed by atoms with Crippen LogP contribution < -0.4 is 10.6 Å². The molecule has 3 N–H and O–H groups in total. The molecule has 0 aromatic heterocycles. The highest BCUT2D eigenvalue weighted by atomic mass is 16.5. The average molecular weight is 286 g/mol. The van der Waals surface area contributed by atoms with E-state index >= 15 is 0 Å². The van der Waals surface area contributed by atoms with E-state index in [2.05, 4.69) is 10.6 Å². The second-order valence-electron chi connectivity index (χ2n) is 6.81. The molecule has 0 aromatic carbocycles. The molecule has 6 nitrogen and oxygen atoms in total. The first-order chi connectivity index (χ1) is 9.00.